The summed E-state index contributed by atoms with van der Waals surface area (Å²) in [5.41, 5.74) is 7.12. The van der Waals surface area contributed by atoms with Crippen LogP contribution in [0.2, 0.25) is 0 Å². The van der Waals surface area contributed by atoms with Crippen molar-refractivity contribution < 1.29 is 4.79 Å². The fraction of sp³-hybridized carbons (Fsp3) is 0.429. The van der Waals surface area contributed by atoms with Crippen molar-refractivity contribution in [3.63, 3.8) is 0 Å². The zero-order valence-corrected chi connectivity index (χ0v) is 13.1. The van der Waals surface area contributed by atoms with Gasteiger partial charge in [0.05, 0.1) is 6.54 Å². The maximum absolute atomic E-state index is 12.0. The van der Waals surface area contributed by atoms with Gasteiger partial charge >= 0.3 is 0 Å². The van der Waals surface area contributed by atoms with Crippen LogP contribution in [0.4, 0.5) is 5.69 Å². The van der Waals surface area contributed by atoms with Crippen molar-refractivity contribution in [3.8, 4) is 0 Å². The van der Waals surface area contributed by atoms with Gasteiger partial charge in [-0.15, -0.1) is 0 Å². The van der Waals surface area contributed by atoms with Crippen LogP contribution < -0.4 is 11.1 Å². The molecular weight excluding hydrogens is 290 g/mol. The van der Waals surface area contributed by atoms with Gasteiger partial charge in [0.2, 0.25) is 5.91 Å². The Morgan fingerprint density at radius 3 is 2.80 bits per heavy atom. The lowest BCUT2D eigenvalue weighted by atomic mass is 10.2. The highest BCUT2D eigenvalue weighted by atomic mass is 32.2. The van der Waals surface area contributed by atoms with Crippen LogP contribution in [-0.4, -0.2) is 46.4 Å². The van der Waals surface area contributed by atoms with Crippen molar-refractivity contribution in [2.75, 3.05) is 29.9 Å². The molecule has 0 spiro atoms. The van der Waals surface area contributed by atoms with E-state index in [1.807, 2.05) is 36.0 Å². The fourth-order valence-corrected chi connectivity index (χ4v) is 3.32. The summed E-state index contributed by atoms with van der Waals surface area (Å²) >= 11 is 6.84. The molecule has 4 nitrogen and oxygen atoms in total. The van der Waals surface area contributed by atoms with Gasteiger partial charge in [0, 0.05) is 35.3 Å². The van der Waals surface area contributed by atoms with Gasteiger partial charge in [-0.3, -0.25) is 9.69 Å². The molecule has 1 heterocycles. The number of hydrogen-bond acceptors (Lipinski definition) is 4. The SMILES string of the molecule is CC1CSCCN1CC(=O)Nc1ccc(C(N)=S)cc1. The predicted molar refractivity (Wildman–Crippen MR) is 89.3 cm³/mol. The number of hydrogen-bond donors (Lipinski definition) is 2. The highest BCUT2D eigenvalue weighted by Gasteiger charge is 2.20. The number of thiocarbonyl (C=S) groups is 1. The van der Waals surface area contributed by atoms with E-state index in [0.717, 1.165) is 29.3 Å². The number of benzene rings is 1. The quantitative estimate of drug-likeness (QED) is 0.829. The van der Waals surface area contributed by atoms with Crippen LogP contribution in [-0.2, 0) is 4.79 Å². The molecule has 0 radical (unpaired) electrons. The molecule has 0 saturated carbocycles. The molecule has 1 amide bonds. The van der Waals surface area contributed by atoms with Crippen molar-refractivity contribution in [3.05, 3.63) is 29.8 Å². The molecule has 1 aromatic rings. The zero-order chi connectivity index (χ0) is 14.5. The molecule has 108 valence electrons. The van der Waals surface area contributed by atoms with E-state index >= 15 is 0 Å². The third-order valence-corrected chi connectivity index (χ3v) is 4.73. The Hall–Kier alpha value is -1.11. The van der Waals surface area contributed by atoms with Crippen molar-refractivity contribution in [1.82, 2.24) is 4.90 Å². The summed E-state index contributed by atoms with van der Waals surface area (Å²) in [6.07, 6.45) is 0. The molecule has 1 saturated heterocycles. The van der Waals surface area contributed by atoms with E-state index in [9.17, 15) is 4.79 Å². The number of thioether (sulfide) groups is 1. The fourth-order valence-electron chi connectivity index (χ4n) is 2.10. The molecule has 3 N–H and O–H groups in total. The minimum absolute atomic E-state index is 0.0202. The molecule has 1 aliphatic heterocycles. The average Bonchev–Trinajstić information content (AvgIpc) is 2.42. The third kappa shape index (κ3) is 4.19. The van der Waals surface area contributed by atoms with E-state index in [0.29, 0.717) is 17.6 Å². The second-order valence-electron chi connectivity index (χ2n) is 4.88. The van der Waals surface area contributed by atoms with Crippen LogP contribution in [0.15, 0.2) is 24.3 Å². The van der Waals surface area contributed by atoms with E-state index in [-0.39, 0.29) is 5.91 Å². The molecule has 1 unspecified atom stereocenters. The molecule has 1 aromatic carbocycles. The molecule has 6 heteroatoms. The van der Waals surface area contributed by atoms with Crippen LogP contribution in [0.3, 0.4) is 0 Å². The van der Waals surface area contributed by atoms with Gasteiger partial charge in [0.25, 0.3) is 0 Å². The molecule has 0 aromatic heterocycles. The predicted octanol–water partition coefficient (Wildman–Crippen LogP) is 1.70. The first-order valence-corrected chi connectivity index (χ1v) is 8.14. The Bertz CT molecular complexity index is 490. The summed E-state index contributed by atoms with van der Waals surface area (Å²) in [6, 6.07) is 7.73. The van der Waals surface area contributed by atoms with Crippen LogP contribution in [0.25, 0.3) is 0 Å². The lowest BCUT2D eigenvalue weighted by Gasteiger charge is -2.32. The maximum atomic E-state index is 12.0. The number of amides is 1. The Morgan fingerprint density at radius 1 is 1.50 bits per heavy atom. The van der Waals surface area contributed by atoms with Crippen molar-refractivity contribution in [1.29, 1.82) is 0 Å². The molecule has 0 aliphatic carbocycles. The van der Waals surface area contributed by atoms with E-state index in [1.54, 1.807) is 0 Å². The van der Waals surface area contributed by atoms with Crippen LogP contribution in [0, 0.1) is 0 Å². The van der Waals surface area contributed by atoms with E-state index < -0.39 is 0 Å². The Labute approximate surface area is 129 Å². The second-order valence-corrected chi connectivity index (χ2v) is 6.47. The van der Waals surface area contributed by atoms with Crippen LogP contribution in [0.5, 0.6) is 0 Å². The average molecular weight is 309 g/mol. The topological polar surface area (TPSA) is 58.4 Å². The van der Waals surface area contributed by atoms with Crippen LogP contribution >= 0.6 is 24.0 Å². The Kier molecular flexibility index (Phi) is 5.39. The van der Waals surface area contributed by atoms with E-state index in [1.165, 1.54) is 0 Å². The van der Waals surface area contributed by atoms with Crippen LogP contribution in [0.1, 0.15) is 12.5 Å². The minimum atomic E-state index is 0.0202. The summed E-state index contributed by atoms with van der Waals surface area (Å²) in [6.45, 7) is 3.58. The molecular formula is C14H19N3OS2. The normalized spacial score (nSPS) is 19.6. The highest BCUT2D eigenvalue weighted by Crippen LogP contribution is 2.16. The first-order chi connectivity index (χ1) is 9.56. The standard InChI is InChI=1S/C14H19N3OS2/c1-10-9-20-7-6-17(10)8-13(18)16-12-4-2-11(3-5-12)14(15)19/h2-5,10H,6-9H2,1H3,(H2,15,19)(H,16,18). The van der Waals surface area contributed by atoms with Gasteiger partial charge in [-0.05, 0) is 31.2 Å². The maximum Gasteiger partial charge on any atom is 0.238 e. The first-order valence-electron chi connectivity index (χ1n) is 6.58. The number of nitrogens with one attached hydrogen (secondary N) is 1. The highest BCUT2D eigenvalue weighted by molar-refractivity contribution is 7.99. The Morgan fingerprint density at radius 2 is 2.20 bits per heavy atom. The van der Waals surface area contributed by atoms with Gasteiger partial charge in [-0.25, -0.2) is 0 Å². The molecule has 1 aliphatic rings. The molecule has 1 atom stereocenters. The summed E-state index contributed by atoms with van der Waals surface area (Å²) in [7, 11) is 0. The first kappa shape index (κ1) is 15.3. The van der Waals surface area contributed by atoms with Crippen molar-refractivity contribution in [2.24, 2.45) is 5.73 Å². The second kappa shape index (κ2) is 7.06. The van der Waals surface area contributed by atoms with Crippen molar-refractivity contribution in [2.45, 2.75) is 13.0 Å². The van der Waals surface area contributed by atoms with Gasteiger partial charge in [0.1, 0.15) is 4.99 Å². The van der Waals surface area contributed by atoms with Gasteiger partial charge < -0.3 is 11.1 Å². The van der Waals surface area contributed by atoms with E-state index in [2.05, 4.69) is 17.1 Å². The molecule has 2 rings (SSSR count). The molecule has 1 fully saturated rings. The lowest BCUT2D eigenvalue weighted by Crippen LogP contribution is -2.44. The number of anilines is 1. The summed E-state index contributed by atoms with van der Waals surface area (Å²) in [5, 5.41) is 2.90. The molecule has 20 heavy (non-hydrogen) atoms. The number of nitrogens with zero attached hydrogens (tertiary/aromatic N) is 1. The number of nitrogens with two attached hydrogens (primary N) is 1. The van der Waals surface area contributed by atoms with Crippen molar-refractivity contribution >= 4 is 40.6 Å². The molecule has 0 bridgehead atoms. The largest absolute Gasteiger partial charge is 0.389 e. The van der Waals surface area contributed by atoms with E-state index in [4.69, 9.17) is 18.0 Å². The third-order valence-electron chi connectivity index (χ3n) is 3.31. The summed E-state index contributed by atoms with van der Waals surface area (Å²) in [5.74, 6) is 2.21. The van der Waals surface area contributed by atoms with Gasteiger partial charge in [0.15, 0.2) is 0 Å². The minimum Gasteiger partial charge on any atom is -0.389 e. The smallest absolute Gasteiger partial charge is 0.238 e. The lowest BCUT2D eigenvalue weighted by molar-refractivity contribution is -0.117. The number of rotatable bonds is 4. The summed E-state index contributed by atoms with van der Waals surface area (Å²) in [4.78, 5) is 14.6. The number of carbonyl (C=O) groups excluding carboxylic acids is 1. The van der Waals surface area contributed by atoms with Gasteiger partial charge in [-0.1, -0.05) is 12.2 Å². The monoisotopic (exact) mass is 309 g/mol. The zero-order valence-electron chi connectivity index (χ0n) is 11.5. The number of carbonyl (C=O) groups is 1. The Balaban J connectivity index is 1.89. The van der Waals surface area contributed by atoms with Gasteiger partial charge in [-0.2, -0.15) is 11.8 Å². The summed E-state index contributed by atoms with van der Waals surface area (Å²) < 4.78 is 0.